The van der Waals surface area contributed by atoms with Gasteiger partial charge in [0.05, 0.1) is 37.1 Å². The number of carbonyl (C=O) groups is 2. The van der Waals surface area contributed by atoms with Crippen molar-refractivity contribution < 1.29 is 92.2 Å². The summed E-state index contributed by atoms with van der Waals surface area (Å²) in [6.07, 6.45) is 0.689. The maximum atomic E-state index is 13.7. The number of fused-ring (bicyclic) bond motifs is 4. The normalized spacial score (nSPS) is 32.5. The number of aliphatic hydroxyl groups is 7. The van der Waals surface area contributed by atoms with Crippen LogP contribution in [0.2, 0.25) is 0 Å². The molecule has 13 atom stereocenters. The molecule has 1 unspecified atom stereocenters. The molecule has 0 saturated heterocycles. The second-order valence-electron chi connectivity index (χ2n) is 17.8. The second-order valence-corrected chi connectivity index (χ2v) is 20.4. The molecule has 21 heteroatoms. The molecular weight excluding hydrogens is 906 g/mol. The lowest BCUT2D eigenvalue weighted by Gasteiger charge is -2.38. The summed E-state index contributed by atoms with van der Waals surface area (Å²) >= 11 is 0. The van der Waals surface area contributed by atoms with Crippen molar-refractivity contribution in [2.75, 3.05) is 13.2 Å². The number of cyclic esters (lactones) is 1. The number of esters is 2. The molecule has 0 spiro atoms. The minimum absolute atomic E-state index is 0.0253. The van der Waals surface area contributed by atoms with Gasteiger partial charge in [-0.1, -0.05) is 134 Å². The average Bonchev–Trinajstić information content (AvgIpc) is 3.25. The number of hydrogen-bond donors (Lipinski definition) is 10. The lowest BCUT2D eigenvalue weighted by atomic mass is 9.83. The fourth-order valence-corrected chi connectivity index (χ4v) is 9.72. The number of allylic oxidation sites excluding steroid dienone is 2. The Balaban J connectivity index is 2.40. The molecule has 2 bridgehead atoms. The van der Waals surface area contributed by atoms with Crippen LogP contribution in [0.1, 0.15) is 162 Å². The highest BCUT2D eigenvalue weighted by Gasteiger charge is 2.51. The number of rotatable bonds is 23. The number of carbonyl (C=O) groups excluding carboxylic acids is 2. The summed E-state index contributed by atoms with van der Waals surface area (Å²) in [5.74, 6) is -4.51. The van der Waals surface area contributed by atoms with Crippen LogP contribution < -0.4 is 0 Å². The van der Waals surface area contributed by atoms with Crippen molar-refractivity contribution in [1.82, 2.24) is 0 Å². The van der Waals surface area contributed by atoms with Crippen molar-refractivity contribution in [3.05, 3.63) is 24.3 Å². The standard InChI is InChI=1S/C45H82O19P2/c1-3-5-7-8-9-10-11-12-13-14-15-16-22-26-39(50)62-33-30-60-38(49)25-21-18-17-20-24-34-36(47)29-37(48)35(28-27-32(46)23-19-6-4-2)41(52)44(63-65(55,56)57)45(43(54)42(53)40(34)51)64-66(58,59)61-31-33/h17,20,27-28,32-37,40-48,51-54H,3-16,18-19,21-26,29-31H2,1-2H3,(H,58,59)(H2,55,56,57)/b20-17+,28-27+/t32-,33+,34-,35-,36-,37+,40+,41+,42-,43+,44+,45-/m0/s1. The fraction of sp³-hybridized carbons (Fsp3) is 0.867. The molecule has 0 radical (unpaired) electrons. The van der Waals surface area contributed by atoms with E-state index in [0.717, 1.165) is 51.0 Å². The summed E-state index contributed by atoms with van der Waals surface area (Å²) in [6.45, 7) is 2.56. The number of unbranched alkanes of at least 4 members (excludes halogenated alkanes) is 14. The first-order valence-electron chi connectivity index (χ1n) is 24.1. The van der Waals surface area contributed by atoms with Crippen LogP contribution in [0, 0.1) is 11.8 Å². The molecule has 19 nitrogen and oxygen atoms in total. The SMILES string of the molecule is CCCCCCCCCCCCCCCC(=O)O[C@@H]1COC(=O)CCC/C=C/C[C@@H]2[C@@H](O)[C@H](O)[C@@H](O)[C@H](OP(=O)(O)OC1)[C@H](OP(=O)(O)O)[C@H](O)[C@@H](/C=C/[C@@H](O)CCCCC)[C@H](O)C[C@@H]2O. The Kier molecular flexibility index (Phi) is 30.3. The highest BCUT2D eigenvalue weighted by Crippen LogP contribution is 2.50. The Morgan fingerprint density at radius 3 is 2.02 bits per heavy atom. The number of hydrogen-bond acceptors (Lipinski definition) is 16. The van der Waals surface area contributed by atoms with Crippen LogP contribution >= 0.6 is 15.6 Å². The van der Waals surface area contributed by atoms with Crippen LogP contribution in [-0.2, 0) is 41.8 Å². The van der Waals surface area contributed by atoms with E-state index in [4.69, 9.17) is 23.0 Å². The van der Waals surface area contributed by atoms with Gasteiger partial charge in [0, 0.05) is 31.1 Å². The molecule has 66 heavy (non-hydrogen) atoms. The first-order valence-corrected chi connectivity index (χ1v) is 27.2. The van der Waals surface area contributed by atoms with Gasteiger partial charge in [0.25, 0.3) is 0 Å². The lowest BCUT2D eigenvalue weighted by molar-refractivity contribution is -0.165. The van der Waals surface area contributed by atoms with Crippen LogP contribution in [0.25, 0.3) is 0 Å². The van der Waals surface area contributed by atoms with Gasteiger partial charge in [0.2, 0.25) is 0 Å². The van der Waals surface area contributed by atoms with Crippen molar-refractivity contribution in [3.63, 3.8) is 0 Å². The Morgan fingerprint density at radius 1 is 0.818 bits per heavy atom. The zero-order valence-electron chi connectivity index (χ0n) is 39.0. The first kappa shape index (κ1) is 60.5. The molecule has 1 aliphatic heterocycles. The molecule has 0 aromatic rings. The number of ether oxygens (including phenoxy) is 2. The van der Waals surface area contributed by atoms with Crippen molar-refractivity contribution >= 4 is 27.6 Å². The first-order chi connectivity index (χ1) is 31.3. The van der Waals surface area contributed by atoms with Crippen molar-refractivity contribution in [2.24, 2.45) is 11.8 Å². The van der Waals surface area contributed by atoms with Gasteiger partial charge in [-0.25, -0.2) is 9.13 Å². The molecule has 1 fully saturated rings. The zero-order chi connectivity index (χ0) is 49.1. The Bertz CT molecular complexity index is 1490. The maximum absolute atomic E-state index is 13.7. The molecule has 10 N–H and O–H groups in total. The molecule has 1 aliphatic carbocycles. The fourth-order valence-electron chi connectivity index (χ4n) is 8.19. The lowest BCUT2D eigenvalue weighted by Crippen LogP contribution is -2.56. The molecule has 0 aromatic carbocycles. The largest absolute Gasteiger partial charge is 0.472 e. The van der Waals surface area contributed by atoms with Gasteiger partial charge >= 0.3 is 27.6 Å². The van der Waals surface area contributed by atoms with Crippen LogP contribution in [0.15, 0.2) is 24.3 Å². The van der Waals surface area contributed by atoms with E-state index in [1.165, 1.54) is 57.1 Å². The Labute approximate surface area is 390 Å². The number of phosphoric ester groups is 2. The summed E-state index contributed by atoms with van der Waals surface area (Å²) < 4.78 is 52.2. The van der Waals surface area contributed by atoms with Crippen molar-refractivity contribution in [2.45, 2.75) is 223 Å². The summed E-state index contributed by atoms with van der Waals surface area (Å²) in [5, 5.41) is 79.7. The van der Waals surface area contributed by atoms with E-state index in [1.807, 2.05) is 6.92 Å². The Morgan fingerprint density at radius 2 is 1.41 bits per heavy atom. The average molecular weight is 989 g/mol. The minimum atomic E-state index is -5.76. The molecule has 2 aliphatic rings. The van der Waals surface area contributed by atoms with E-state index >= 15 is 0 Å². The molecular formula is C45H82O19P2. The molecule has 0 aromatic heterocycles. The summed E-state index contributed by atoms with van der Waals surface area (Å²) in [5.41, 5.74) is 0. The van der Waals surface area contributed by atoms with Gasteiger partial charge in [-0.2, -0.15) is 0 Å². The number of aliphatic hydroxyl groups excluding tert-OH is 7. The third-order valence-corrected chi connectivity index (χ3v) is 13.6. The summed E-state index contributed by atoms with van der Waals surface area (Å²) in [7, 11) is -11.4. The van der Waals surface area contributed by atoms with Gasteiger partial charge in [0.1, 0.15) is 31.0 Å². The molecule has 1 heterocycles. The third-order valence-electron chi connectivity index (χ3n) is 12.1. The molecule has 1 saturated carbocycles. The van der Waals surface area contributed by atoms with E-state index in [-0.39, 0.29) is 32.1 Å². The number of phosphoric acid groups is 2. The van der Waals surface area contributed by atoms with Gasteiger partial charge < -0.3 is 59.9 Å². The van der Waals surface area contributed by atoms with Gasteiger partial charge in [-0.15, -0.1) is 0 Å². The van der Waals surface area contributed by atoms with E-state index in [1.54, 1.807) is 6.08 Å². The highest BCUT2D eigenvalue weighted by molar-refractivity contribution is 7.47. The minimum Gasteiger partial charge on any atom is -0.462 e. The van der Waals surface area contributed by atoms with Crippen LogP contribution in [0.4, 0.5) is 0 Å². The van der Waals surface area contributed by atoms with Crippen LogP contribution in [0.5, 0.6) is 0 Å². The van der Waals surface area contributed by atoms with E-state index in [9.17, 15) is 69.1 Å². The molecule has 386 valence electrons. The summed E-state index contributed by atoms with van der Waals surface area (Å²) in [4.78, 5) is 56.7. The van der Waals surface area contributed by atoms with Gasteiger partial charge in [0.15, 0.2) is 6.10 Å². The molecule has 0 amide bonds. The van der Waals surface area contributed by atoms with Gasteiger partial charge in [-0.3, -0.25) is 23.2 Å². The Hall–Kier alpha value is -1.64. The van der Waals surface area contributed by atoms with E-state index in [0.29, 0.717) is 19.3 Å². The van der Waals surface area contributed by atoms with Crippen LogP contribution in [-0.4, -0.2) is 137 Å². The highest BCUT2D eigenvalue weighted by atomic mass is 31.2. The topological polar surface area (TPSA) is 317 Å². The van der Waals surface area contributed by atoms with Crippen molar-refractivity contribution in [3.8, 4) is 0 Å². The monoisotopic (exact) mass is 988 g/mol. The maximum Gasteiger partial charge on any atom is 0.472 e. The quantitative estimate of drug-likeness (QED) is 0.0268. The zero-order valence-corrected chi connectivity index (χ0v) is 40.7. The van der Waals surface area contributed by atoms with Crippen LogP contribution in [0.3, 0.4) is 0 Å². The predicted molar refractivity (Wildman–Crippen MR) is 243 cm³/mol. The van der Waals surface area contributed by atoms with Crippen molar-refractivity contribution in [1.29, 1.82) is 0 Å². The van der Waals surface area contributed by atoms with Gasteiger partial charge in [-0.05, 0) is 32.1 Å². The van der Waals surface area contributed by atoms with E-state index in [2.05, 4.69) is 6.92 Å². The predicted octanol–water partition coefficient (Wildman–Crippen LogP) is 5.33. The third kappa shape index (κ3) is 24.8. The van der Waals surface area contributed by atoms with E-state index < -0.39 is 120 Å². The smallest absolute Gasteiger partial charge is 0.462 e. The second kappa shape index (κ2) is 33.0. The molecule has 2 rings (SSSR count). The summed E-state index contributed by atoms with van der Waals surface area (Å²) in [6, 6.07) is 0.